The highest BCUT2D eigenvalue weighted by Gasteiger charge is 2.25. The van der Waals surface area contributed by atoms with Crippen LogP contribution in [0.3, 0.4) is 0 Å². The molecule has 2 aromatic rings. The zero-order valence-electron chi connectivity index (χ0n) is 11.7. The molecule has 1 aromatic heterocycles. The fourth-order valence-electron chi connectivity index (χ4n) is 2.03. The van der Waals surface area contributed by atoms with Crippen LogP contribution >= 0.6 is 0 Å². The van der Waals surface area contributed by atoms with Gasteiger partial charge in [-0.1, -0.05) is 6.92 Å². The van der Waals surface area contributed by atoms with E-state index in [1.165, 1.54) is 0 Å². The normalized spacial score (nSPS) is 14.0. The van der Waals surface area contributed by atoms with Crippen LogP contribution in [0.2, 0.25) is 0 Å². The van der Waals surface area contributed by atoms with Gasteiger partial charge in [-0.25, -0.2) is 14.8 Å². The molecule has 5 nitrogen and oxygen atoms in total. The first kappa shape index (κ1) is 13.5. The van der Waals surface area contributed by atoms with E-state index in [4.69, 9.17) is 9.84 Å². The molecule has 108 valence electrons. The second-order valence-electron chi connectivity index (χ2n) is 5.07. The third kappa shape index (κ3) is 3.02. The van der Waals surface area contributed by atoms with Crippen molar-refractivity contribution in [2.24, 2.45) is 0 Å². The average Bonchev–Trinajstić information content (AvgIpc) is 3.31. The van der Waals surface area contributed by atoms with Crippen molar-refractivity contribution in [1.82, 2.24) is 9.97 Å². The summed E-state index contributed by atoms with van der Waals surface area (Å²) in [6.45, 7) is 1.99. The van der Waals surface area contributed by atoms with Gasteiger partial charge in [0.2, 0.25) is 0 Å². The highest BCUT2D eigenvalue weighted by Crippen LogP contribution is 2.35. The minimum absolute atomic E-state index is 0.229. The molecule has 1 aliphatic carbocycles. The van der Waals surface area contributed by atoms with Gasteiger partial charge in [-0.05, 0) is 31.0 Å². The number of rotatable bonds is 5. The molecular weight excluding hydrogens is 268 g/mol. The summed E-state index contributed by atoms with van der Waals surface area (Å²) in [4.78, 5) is 19.7. The molecule has 1 aromatic carbocycles. The summed E-state index contributed by atoms with van der Waals surface area (Å²) in [7, 11) is 0. The summed E-state index contributed by atoms with van der Waals surface area (Å²) in [6.07, 6.45) is 6.53. The van der Waals surface area contributed by atoms with Crippen LogP contribution in [0, 0.1) is 0 Å². The number of hydrogen-bond acceptors (Lipinski definition) is 4. The SMILES string of the molecule is CCc1ncc(-c2cc(C(=O)O)ccc2OC2CC2)cn1. The Morgan fingerprint density at radius 1 is 1.33 bits per heavy atom. The molecule has 0 spiro atoms. The number of carboxylic acid groups (broad SMARTS) is 1. The summed E-state index contributed by atoms with van der Waals surface area (Å²) in [6, 6.07) is 4.89. The van der Waals surface area contributed by atoms with Gasteiger partial charge in [0.1, 0.15) is 11.6 Å². The zero-order valence-corrected chi connectivity index (χ0v) is 11.7. The van der Waals surface area contributed by atoms with Crippen LogP contribution in [-0.4, -0.2) is 27.1 Å². The van der Waals surface area contributed by atoms with Crippen LogP contribution in [0.25, 0.3) is 11.1 Å². The van der Waals surface area contributed by atoms with Gasteiger partial charge in [0.25, 0.3) is 0 Å². The second kappa shape index (κ2) is 5.52. The molecule has 1 saturated carbocycles. The van der Waals surface area contributed by atoms with Crippen molar-refractivity contribution in [3.63, 3.8) is 0 Å². The van der Waals surface area contributed by atoms with Crippen molar-refractivity contribution in [1.29, 1.82) is 0 Å². The Balaban J connectivity index is 2.02. The molecule has 0 saturated heterocycles. The molecule has 1 fully saturated rings. The van der Waals surface area contributed by atoms with E-state index in [1.54, 1.807) is 30.6 Å². The topological polar surface area (TPSA) is 72.3 Å². The van der Waals surface area contributed by atoms with E-state index >= 15 is 0 Å². The Morgan fingerprint density at radius 3 is 2.62 bits per heavy atom. The van der Waals surface area contributed by atoms with Gasteiger partial charge in [-0.3, -0.25) is 0 Å². The lowest BCUT2D eigenvalue weighted by molar-refractivity contribution is 0.0697. The Kier molecular flexibility index (Phi) is 3.56. The highest BCUT2D eigenvalue weighted by atomic mass is 16.5. The number of ether oxygens (including phenoxy) is 1. The number of aromatic carboxylic acids is 1. The van der Waals surface area contributed by atoms with Crippen LogP contribution in [0.1, 0.15) is 35.9 Å². The van der Waals surface area contributed by atoms with Crippen molar-refractivity contribution in [2.75, 3.05) is 0 Å². The van der Waals surface area contributed by atoms with Crippen molar-refractivity contribution < 1.29 is 14.6 Å². The van der Waals surface area contributed by atoms with Crippen molar-refractivity contribution in [2.45, 2.75) is 32.3 Å². The smallest absolute Gasteiger partial charge is 0.335 e. The molecule has 1 heterocycles. The number of aryl methyl sites for hydroxylation is 1. The van der Waals surface area contributed by atoms with Crippen molar-refractivity contribution in [3.05, 3.63) is 42.0 Å². The average molecular weight is 284 g/mol. The van der Waals surface area contributed by atoms with Gasteiger partial charge >= 0.3 is 5.97 Å². The molecule has 0 amide bonds. The summed E-state index contributed by atoms with van der Waals surface area (Å²) in [5, 5.41) is 9.15. The second-order valence-corrected chi connectivity index (χ2v) is 5.07. The van der Waals surface area contributed by atoms with Crippen LogP contribution in [0.5, 0.6) is 5.75 Å². The van der Waals surface area contributed by atoms with Crippen LogP contribution in [-0.2, 0) is 6.42 Å². The molecule has 1 aliphatic rings. The lowest BCUT2D eigenvalue weighted by Crippen LogP contribution is -2.02. The fourth-order valence-corrected chi connectivity index (χ4v) is 2.03. The van der Waals surface area contributed by atoms with Crippen LogP contribution in [0.15, 0.2) is 30.6 Å². The number of carboxylic acids is 1. The molecular formula is C16H16N2O3. The van der Waals surface area contributed by atoms with Crippen molar-refractivity contribution >= 4 is 5.97 Å². The van der Waals surface area contributed by atoms with E-state index < -0.39 is 5.97 Å². The number of hydrogen-bond donors (Lipinski definition) is 1. The monoisotopic (exact) mass is 284 g/mol. The molecule has 0 aliphatic heterocycles. The van der Waals surface area contributed by atoms with Crippen LogP contribution < -0.4 is 4.74 Å². The number of carbonyl (C=O) groups is 1. The van der Waals surface area contributed by atoms with E-state index in [1.807, 2.05) is 6.92 Å². The van der Waals surface area contributed by atoms with E-state index in [9.17, 15) is 4.79 Å². The van der Waals surface area contributed by atoms with Gasteiger partial charge in [0, 0.05) is 29.9 Å². The van der Waals surface area contributed by atoms with Gasteiger partial charge in [-0.2, -0.15) is 0 Å². The Morgan fingerprint density at radius 2 is 2.05 bits per heavy atom. The largest absolute Gasteiger partial charge is 0.490 e. The molecule has 0 radical (unpaired) electrons. The Hall–Kier alpha value is -2.43. The van der Waals surface area contributed by atoms with Gasteiger partial charge in [0.15, 0.2) is 0 Å². The molecule has 1 N–H and O–H groups in total. The number of nitrogens with zero attached hydrogens (tertiary/aromatic N) is 2. The summed E-state index contributed by atoms with van der Waals surface area (Å²) >= 11 is 0. The third-order valence-corrected chi connectivity index (χ3v) is 3.38. The quantitative estimate of drug-likeness (QED) is 0.913. The first-order chi connectivity index (χ1) is 10.2. The third-order valence-electron chi connectivity index (χ3n) is 3.38. The first-order valence-corrected chi connectivity index (χ1v) is 7.02. The Labute approximate surface area is 122 Å². The summed E-state index contributed by atoms with van der Waals surface area (Å²) in [5.41, 5.74) is 1.73. The zero-order chi connectivity index (χ0) is 14.8. The molecule has 0 atom stereocenters. The highest BCUT2D eigenvalue weighted by molar-refractivity contribution is 5.90. The van der Waals surface area contributed by atoms with Gasteiger partial charge in [-0.15, -0.1) is 0 Å². The lowest BCUT2D eigenvalue weighted by Gasteiger charge is -2.12. The van der Waals surface area contributed by atoms with E-state index in [2.05, 4.69) is 9.97 Å². The maximum absolute atomic E-state index is 11.2. The van der Waals surface area contributed by atoms with Gasteiger partial charge in [0.05, 0.1) is 11.7 Å². The standard InChI is InChI=1S/C16H16N2O3/c1-2-15-17-8-11(9-18-15)13-7-10(16(19)20)3-6-14(13)21-12-4-5-12/h3,6-9,12H,2,4-5H2,1H3,(H,19,20). The maximum atomic E-state index is 11.2. The van der Waals surface area contributed by atoms with Gasteiger partial charge < -0.3 is 9.84 Å². The van der Waals surface area contributed by atoms with E-state index in [-0.39, 0.29) is 11.7 Å². The summed E-state index contributed by atoms with van der Waals surface area (Å²) < 4.78 is 5.85. The molecule has 0 bridgehead atoms. The molecule has 3 rings (SSSR count). The predicted molar refractivity (Wildman–Crippen MR) is 77.5 cm³/mol. The molecule has 0 unspecified atom stereocenters. The molecule has 5 heteroatoms. The number of benzene rings is 1. The van der Waals surface area contributed by atoms with Crippen LogP contribution in [0.4, 0.5) is 0 Å². The minimum atomic E-state index is -0.958. The maximum Gasteiger partial charge on any atom is 0.335 e. The fraction of sp³-hybridized carbons (Fsp3) is 0.312. The van der Waals surface area contributed by atoms with E-state index in [0.29, 0.717) is 5.75 Å². The Bertz CT molecular complexity index is 664. The summed E-state index contributed by atoms with van der Waals surface area (Å²) in [5.74, 6) is 0.494. The van der Waals surface area contributed by atoms with E-state index in [0.717, 1.165) is 36.2 Å². The minimum Gasteiger partial charge on any atom is -0.490 e. The number of aromatic nitrogens is 2. The van der Waals surface area contributed by atoms with Crippen molar-refractivity contribution in [3.8, 4) is 16.9 Å². The first-order valence-electron chi connectivity index (χ1n) is 7.02. The predicted octanol–water partition coefficient (Wildman–Crippen LogP) is 2.95. The lowest BCUT2D eigenvalue weighted by atomic mass is 10.0. The molecule has 21 heavy (non-hydrogen) atoms.